The van der Waals surface area contributed by atoms with E-state index >= 15 is 0 Å². The highest BCUT2D eigenvalue weighted by Crippen LogP contribution is 2.45. The van der Waals surface area contributed by atoms with Crippen LogP contribution in [0.25, 0.3) is 0 Å². The van der Waals surface area contributed by atoms with Crippen LogP contribution in [0.1, 0.15) is 34.1 Å². The maximum atomic E-state index is 13.6. The zero-order valence-corrected chi connectivity index (χ0v) is 20.8. The van der Waals surface area contributed by atoms with Crippen molar-refractivity contribution in [3.8, 4) is 0 Å². The Labute approximate surface area is 202 Å². The van der Waals surface area contributed by atoms with E-state index in [1.54, 1.807) is 14.0 Å². The molecule has 1 aliphatic heterocycles. The number of carbonyl (C=O) groups is 3. The monoisotopic (exact) mass is 470 g/mol. The van der Waals surface area contributed by atoms with Gasteiger partial charge in [0.25, 0.3) is 0 Å². The van der Waals surface area contributed by atoms with Gasteiger partial charge in [-0.3, -0.25) is 14.4 Å². The molecule has 6 atom stereocenters. The lowest BCUT2D eigenvalue weighted by molar-refractivity contribution is -0.142. The maximum Gasteiger partial charge on any atom is 0.247 e. The fourth-order valence-electron chi connectivity index (χ4n) is 5.49. The van der Waals surface area contributed by atoms with Gasteiger partial charge in [-0.2, -0.15) is 0 Å². The lowest BCUT2D eigenvalue weighted by Gasteiger charge is -2.34. The van der Waals surface area contributed by atoms with Crippen molar-refractivity contribution in [3.05, 3.63) is 36.4 Å². The van der Waals surface area contributed by atoms with Crippen LogP contribution in [0.3, 0.4) is 0 Å². The van der Waals surface area contributed by atoms with Gasteiger partial charge in [-0.1, -0.05) is 19.1 Å². The maximum absolute atomic E-state index is 13.6. The largest absolute Gasteiger partial charge is 0.394 e. The highest BCUT2D eigenvalue weighted by Gasteiger charge is 2.57. The van der Waals surface area contributed by atoms with Gasteiger partial charge in [-0.15, -0.1) is 0 Å². The first-order valence-electron chi connectivity index (χ1n) is 12.3. The third-order valence-corrected chi connectivity index (χ3v) is 7.34. The summed E-state index contributed by atoms with van der Waals surface area (Å²) < 4.78 is 0. The van der Waals surface area contributed by atoms with Gasteiger partial charge >= 0.3 is 0 Å². The molecule has 1 aromatic rings. The number of aliphatic hydroxyl groups excluding tert-OH is 1. The SMILES string of the molecule is CC[C@@H]1C=C[C@H]2[C@@H](C(=O)N([C@H](C)CO)[C@@H]2C(=O)Nc2ccc(N(CC)CC)cc2)[C@@H]1C(=O)NC. The van der Waals surface area contributed by atoms with Gasteiger partial charge in [-0.25, -0.2) is 0 Å². The zero-order chi connectivity index (χ0) is 25.0. The molecular formula is C26H38N4O4. The van der Waals surface area contributed by atoms with Crippen LogP contribution in [0, 0.1) is 23.7 Å². The minimum atomic E-state index is -0.802. The Morgan fingerprint density at radius 1 is 1.09 bits per heavy atom. The molecule has 0 radical (unpaired) electrons. The first-order chi connectivity index (χ1) is 16.3. The van der Waals surface area contributed by atoms with Gasteiger partial charge in [0, 0.05) is 37.4 Å². The molecule has 34 heavy (non-hydrogen) atoms. The summed E-state index contributed by atoms with van der Waals surface area (Å²) in [5.41, 5.74) is 1.71. The number of nitrogens with zero attached hydrogens (tertiary/aromatic N) is 2. The standard InChI is InChI=1S/C26H38N4O4/c1-6-17-9-14-20-22(21(17)24(32)27-5)26(34)30(16(4)15-31)23(20)25(33)28-18-10-12-19(13-11-18)29(7-2)8-3/h9-14,16-17,20-23,31H,6-8,15H2,1-5H3,(H,27,32)(H,28,33)/t16-,17-,20+,21-,22-,23+/m1/s1. The number of hydrogen-bond acceptors (Lipinski definition) is 5. The summed E-state index contributed by atoms with van der Waals surface area (Å²) in [5, 5.41) is 15.5. The number of rotatable bonds is 9. The topological polar surface area (TPSA) is 102 Å². The van der Waals surface area contributed by atoms with Gasteiger partial charge in [0.15, 0.2) is 0 Å². The average molecular weight is 471 g/mol. The average Bonchev–Trinajstić information content (AvgIpc) is 3.16. The normalized spacial score (nSPS) is 26.7. The minimum absolute atomic E-state index is 0.0779. The lowest BCUT2D eigenvalue weighted by atomic mass is 9.69. The Morgan fingerprint density at radius 2 is 1.74 bits per heavy atom. The second-order valence-electron chi connectivity index (χ2n) is 9.13. The quantitative estimate of drug-likeness (QED) is 0.481. The molecule has 0 bridgehead atoms. The van der Waals surface area contributed by atoms with Gasteiger partial charge in [0.2, 0.25) is 17.7 Å². The van der Waals surface area contributed by atoms with E-state index in [4.69, 9.17) is 0 Å². The Bertz CT molecular complexity index is 912. The zero-order valence-electron chi connectivity index (χ0n) is 20.8. The highest BCUT2D eigenvalue weighted by atomic mass is 16.3. The summed E-state index contributed by atoms with van der Waals surface area (Å²) in [4.78, 5) is 43.6. The van der Waals surface area contributed by atoms with Crippen molar-refractivity contribution in [2.45, 2.75) is 46.2 Å². The molecule has 3 N–H and O–H groups in total. The van der Waals surface area contributed by atoms with E-state index in [2.05, 4.69) is 29.4 Å². The van der Waals surface area contributed by atoms with E-state index in [1.807, 2.05) is 43.3 Å². The van der Waals surface area contributed by atoms with Crippen molar-refractivity contribution >= 4 is 29.1 Å². The van der Waals surface area contributed by atoms with Crippen molar-refractivity contribution in [3.63, 3.8) is 0 Å². The molecule has 3 rings (SSSR count). The molecular weight excluding hydrogens is 432 g/mol. The molecule has 0 aromatic heterocycles. The van der Waals surface area contributed by atoms with Crippen molar-refractivity contribution in [2.75, 3.05) is 37.0 Å². The number of aliphatic hydroxyl groups is 1. The molecule has 1 aromatic carbocycles. The number of carbonyl (C=O) groups excluding carboxylic acids is 3. The Hall–Kier alpha value is -2.87. The molecule has 8 nitrogen and oxygen atoms in total. The summed E-state index contributed by atoms with van der Waals surface area (Å²) >= 11 is 0. The molecule has 3 amide bonds. The minimum Gasteiger partial charge on any atom is -0.394 e. The van der Waals surface area contributed by atoms with Crippen molar-refractivity contribution < 1.29 is 19.5 Å². The van der Waals surface area contributed by atoms with Gasteiger partial charge in [0.1, 0.15) is 6.04 Å². The second kappa shape index (κ2) is 11.0. The van der Waals surface area contributed by atoms with Crippen LogP contribution in [0.4, 0.5) is 11.4 Å². The number of allylic oxidation sites excluding steroid dienone is 1. The molecule has 1 aliphatic carbocycles. The van der Waals surface area contributed by atoms with Crippen LogP contribution in [-0.2, 0) is 14.4 Å². The van der Waals surface area contributed by atoms with E-state index in [0.717, 1.165) is 25.2 Å². The van der Waals surface area contributed by atoms with Crippen molar-refractivity contribution in [1.82, 2.24) is 10.2 Å². The van der Waals surface area contributed by atoms with Gasteiger partial charge in [-0.05, 0) is 57.4 Å². The second-order valence-corrected chi connectivity index (χ2v) is 9.13. The molecule has 1 saturated heterocycles. The summed E-state index contributed by atoms with van der Waals surface area (Å²) in [6.07, 6.45) is 4.62. The van der Waals surface area contributed by atoms with Crippen molar-refractivity contribution in [1.29, 1.82) is 0 Å². The third kappa shape index (κ3) is 4.69. The van der Waals surface area contributed by atoms with Crippen LogP contribution in [0.2, 0.25) is 0 Å². The smallest absolute Gasteiger partial charge is 0.247 e. The predicted octanol–water partition coefficient (Wildman–Crippen LogP) is 2.25. The van der Waals surface area contributed by atoms with Crippen LogP contribution in [0.5, 0.6) is 0 Å². The molecule has 0 spiro atoms. The van der Waals surface area contributed by atoms with E-state index < -0.39 is 29.8 Å². The fraction of sp³-hybridized carbons (Fsp3) is 0.577. The number of fused-ring (bicyclic) bond motifs is 1. The summed E-state index contributed by atoms with van der Waals surface area (Å²) in [6, 6.07) is 6.30. The Morgan fingerprint density at radius 3 is 2.26 bits per heavy atom. The van der Waals surface area contributed by atoms with E-state index in [-0.39, 0.29) is 30.2 Å². The number of nitrogens with one attached hydrogen (secondary N) is 2. The van der Waals surface area contributed by atoms with E-state index in [1.165, 1.54) is 4.90 Å². The highest BCUT2D eigenvalue weighted by molar-refractivity contribution is 6.02. The van der Waals surface area contributed by atoms with Crippen molar-refractivity contribution in [2.24, 2.45) is 23.7 Å². The van der Waals surface area contributed by atoms with Crippen LogP contribution >= 0.6 is 0 Å². The molecule has 186 valence electrons. The molecule has 2 aliphatic rings. The molecule has 1 fully saturated rings. The Balaban J connectivity index is 1.92. The first kappa shape index (κ1) is 25.7. The number of anilines is 2. The molecule has 8 heteroatoms. The third-order valence-electron chi connectivity index (χ3n) is 7.34. The summed E-state index contributed by atoms with van der Waals surface area (Å²) in [6.45, 7) is 9.42. The van der Waals surface area contributed by atoms with Gasteiger partial charge < -0.3 is 25.5 Å². The van der Waals surface area contributed by atoms with Crippen LogP contribution < -0.4 is 15.5 Å². The summed E-state index contributed by atoms with van der Waals surface area (Å²) in [5.74, 6) is -2.45. The number of likely N-dealkylation sites (tertiary alicyclic amines) is 1. The van der Waals surface area contributed by atoms with E-state index in [9.17, 15) is 19.5 Å². The number of amides is 3. The summed E-state index contributed by atoms with van der Waals surface area (Å²) in [7, 11) is 1.57. The fourth-order valence-corrected chi connectivity index (χ4v) is 5.49. The van der Waals surface area contributed by atoms with Crippen LogP contribution in [0.15, 0.2) is 36.4 Å². The van der Waals surface area contributed by atoms with Gasteiger partial charge in [0.05, 0.1) is 24.5 Å². The molecule has 0 unspecified atom stereocenters. The van der Waals surface area contributed by atoms with Crippen LogP contribution in [-0.4, -0.2) is 66.6 Å². The molecule has 1 heterocycles. The predicted molar refractivity (Wildman–Crippen MR) is 133 cm³/mol. The Kier molecular flexibility index (Phi) is 8.36. The van der Waals surface area contributed by atoms with E-state index in [0.29, 0.717) is 5.69 Å². The number of benzene rings is 1. The first-order valence-corrected chi connectivity index (χ1v) is 12.3. The lowest BCUT2D eigenvalue weighted by Crippen LogP contribution is -2.49. The molecule has 0 saturated carbocycles. The number of hydrogen-bond donors (Lipinski definition) is 3.